The van der Waals surface area contributed by atoms with Crippen LogP contribution in [0.15, 0.2) is 79.1 Å². The Morgan fingerprint density at radius 1 is 0.882 bits per heavy atom. The van der Waals surface area contributed by atoms with Crippen LogP contribution in [0, 0.1) is 0 Å². The first-order valence-corrected chi connectivity index (χ1v) is 12.1. The zero-order valence-electron chi connectivity index (χ0n) is 19.4. The number of amides is 1. The maximum Gasteiger partial charge on any atom is 0.224 e. The van der Waals surface area contributed by atoms with Crippen LogP contribution in [0.25, 0.3) is 21.9 Å². The number of rotatable bonds is 8. The molecular formula is C28H31N5O. The van der Waals surface area contributed by atoms with Gasteiger partial charge in [0.25, 0.3) is 0 Å². The van der Waals surface area contributed by atoms with Gasteiger partial charge in [0, 0.05) is 61.1 Å². The molecule has 0 radical (unpaired) electrons. The van der Waals surface area contributed by atoms with Gasteiger partial charge in [0.15, 0.2) is 0 Å². The predicted molar refractivity (Wildman–Crippen MR) is 139 cm³/mol. The standard InChI is InChI=1S/C28H31N5O/c34-28(31-25-13-11-22(12-14-25)24-20-29-30-21-24)10-3-4-15-32-16-18-33(19-17-32)27-9-5-7-23-6-1-2-8-26(23)27/h1-2,5-9,11-14,20-21H,3-4,10,15-19H2,(H,29,30)(H,31,34). The first-order valence-electron chi connectivity index (χ1n) is 12.1. The quantitative estimate of drug-likeness (QED) is 0.362. The average Bonchev–Trinajstić information content (AvgIpc) is 3.42. The lowest BCUT2D eigenvalue weighted by molar-refractivity contribution is -0.116. The minimum Gasteiger partial charge on any atom is -0.368 e. The summed E-state index contributed by atoms with van der Waals surface area (Å²) in [6.07, 6.45) is 6.15. The molecule has 2 heterocycles. The van der Waals surface area contributed by atoms with Gasteiger partial charge in [-0.05, 0) is 48.5 Å². The van der Waals surface area contributed by atoms with E-state index in [1.807, 2.05) is 30.5 Å². The zero-order chi connectivity index (χ0) is 23.2. The number of hydrogen-bond donors (Lipinski definition) is 2. The molecule has 6 heteroatoms. The van der Waals surface area contributed by atoms with Gasteiger partial charge in [-0.3, -0.25) is 14.8 Å². The third-order valence-corrected chi connectivity index (χ3v) is 6.61. The molecule has 4 aromatic rings. The number of aromatic amines is 1. The van der Waals surface area contributed by atoms with Crippen molar-refractivity contribution in [2.75, 3.05) is 42.9 Å². The molecule has 0 atom stereocenters. The van der Waals surface area contributed by atoms with Gasteiger partial charge in [-0.1, -0.05) is 48.5 Å². The van der Waals surface area contributed by atoms with E-state index in [-0.39, 0.29) is 5.91 Å². The van der Waals surface area contributed by atoms with E-state index in [0.717, 1.165) is 62.4 Å². The van der Waals surface area contributed by atoms with Crippen molar-refractivity contribution in [1.82, 2.24) is 15.1 Å². The summed E-state index contributed by atoms with van der Waals surface area (Å²) in [6.45, 7) is 5.28. The van der Waals surface area contributed by atoms with E-state index in [4.69, 9.17) is 0 Å². The Kier molecular flexibility index (Phi) is 6.86. The lowest BCUT2D eigenvalue weighted by Crippen LogP contribution is -2.46. The maximum atomic E-state index is 12.3. The van der Waals surface area contributed by atoms with Gasteiger partial charge in [0.1, 0.15) is 0 Å². The minimum atomic E-state index is 0.0804. The molecule has 1 aliphatic heterocycles. The Labute approximate surface area is 200 Å². The van der Waals surface area contributed by atoms with Gasteiger partial charge in [-0.25, -0.2) is 0 Å². The van der Waals surface area contributed by atoms with Crippen molar-refractivity contribution in [2.45, 2.75) is 19.3 Å². The van der Waals surface area contributed by atoms with E-state index < -0.39 is 0 Å². The number of nitrogens with zero attached hydrogens (tertiary/aromatic N) is 3. The molecule has 0 saturated carbocycles. The second-order valence-corrected chi connectivity index (χ2v) is 8.90. The van der Waals surface area contributed by atoms with Crippen molar-refractivity contribution in [3.05, 3.63) is 79.1 Å². The van der Waals surface area contributed by atoms with Crippen molar-refractivity contribution in [3.63, 3.8) is 0 Å². The van der Waals surface area contributed by atoms with Crippen LogP contribution < -0.4 is 10.2 Å². The molecule has 34 heavy (non-hydrogen) atoms. The number of aromatic nitrogens is 2. The summed E-state index contributed by atoms with van der Waals surface area (Å²) < 4.78 is 0. The first kappa shape index (κ1) is 22.2. The summed E-state index contributed by atoms with van der Waals surface area (Å²) in [7, 11) is 0. The Hall–Kier alpha value is -3.64. The Balaban J connectivity index is 1.02. The van der Waals surface area contributed by atoms with Crippen LogP contribution in [-0.2, 0) is 4.79 Å². The number of carbonyl (C=O) groups is 1. The summed E-state index contributed by atoms with van der Waals surface area (Å²) in [4.78, 5) is 17.4. The van der Waals surface area contributed by atoms with Crippen molar-refractivity contribution in [3.8, 4) is 11.1 Å². The van der Waals surface area contributed by atoms with Gasteiger partial charge < -0.3 is 10.2 Å². The van der Waals surface area contributed by atoms with Crippen molar-refractivity contribution < 1.29 is 4.79 Å². The molecule has 2 N–H and O–H groups in total. The van der Waals surface area contributed by atoms with Gasteiger partial charge in [-0.2, -0.15) is 5.10 Å². The number of nitrogens with one attached hydrogen (secondary N) is 2. The lowest BCUT2D eigenvalue weighted by atomic mass is 10.1. The van der Waals surface area contributed by atoms with E-state index in [1.54, 1.807) is 6.20 Å². The third kappa shape index (κ3) is 5.29. The zero-order valence-corrected chi connectivity index (χ0v) is 19.4. The number of hydrogen-bond acceptors (Lipinski definition) is 4. The fourth-order valence-corrected chi connectivity index (χ4v) is 4.70. The number of fused-ring (bicyclic) bond motifs is 1. The SMILES string of the molecule is O=C(CCCCN1CCN(c2cccc3ccccc23)CC1)Nc1ccc(-c2cn[nH]c2)cc1. The molecule has 5 rings (SSSR count). The van der Waals surface area contributed by atoms with E-state index in [2.05, 4.69) is 67.8 Å². The number of carbonyl (C=O) groups excluding carboxylic acids is 1. The molecule has 174 valence electrons. The molecule has 1 aliphatic rings. The highest BCUT2D eigenvalue weighted by molar-refractivity contribution is 5.94. The molecule has 0 spiro atoms. The van der Waals surface area contributed by atoms with Crippen LogP contribution in [0.2, 0.25) is 0 Å². The number of anilines is 2. The Bertz CT molecular complexity index is 1210. The fourth-order valence-electron chi connectivity index (χ4n) is 4.70. The number of benzene rings is 3. The highest BCUT2D eigenvalue weighted by Crippen LogP contribution is 2.27. The molecule has 1 aromatic heterocycles. The van der Waals surface area contributed by atoms with Crippen molar-refractivity contribution >= 4 is 28.1 Å². The molecule has 3 aromatic carbocycles. The number of H-pyrrole nitrogens is 1. The molecule has 1 saturated heterocycles. The van der Waals surface area contributed by atoms with Gasteiger partial charge in [-0.15, -0.1) is 0 Å². The molecule has 0 unspecified atom stereocenters. The largest absolute Gasteiger partial charge is 0.368 e. The average molecular weight is 454 g/mol. The highest BCUT2D eigenvalue weighted by atomic mass is 16.1. The third-order valence-electron chi connectivity index (χ3n) is 6.61. The van der Waals surface area contributed by atoms with Gasteiger partial charge >= 0.3 is 0 Å². The second-order valence-electron chi connectivity index (χ2n) is 8.90. The summed E-state index contributed by atoms with van der Waals surface area (Å²) >= 11 is 0. The molecule has 0 bridgehead atoms. The summed E-state index contributed by atoms with van der Waals surface area (Å²) in [6, 6.07) is 23.1. The fraction of sp³-hybridized carbons (Fsp3) is 0.286. The van der Waals surface area contributed by atoms with Gasteiger partial charge in [0.05, 0.1) is 6.20 Å². The monoisotopic (exact) mass is 453 g/mol. The maximum absolute atomic E-state index is 12.3. The number of piperazine rings is 1. The van der Waals surface area contributed by atoms with Gasteiger partial charge in [0.2, 0.25) is 5.91 Å². The molecular weight excluding hydrogens is 422 g/mol. The predicted octanol–water partition coefficient (Wildman–Crippen LogP) is 5.16. The molecule has 1 amide bonds. The lowest BCUT2D eigenvalue weighted by Gasteiger charge is -2.36. The summed E-state index contributed by atoms with van der Waals surface area (Å²) in [5.74, 6) is 0.0804. The van der Waals surface area contributed by atoms with Crippen LogP contribution in [0.5, 0.6) is 0 Å². The van der Waals surface area contributed by atoms with E-state index in [9.17, 15) is 4.79 Å². The van der Waals surface area contributed by atoms with E-state index in [1.165, 1.54) is 16.5 Å². The molecule has 1 fully saturated rings. The highest BCUT2D eigenvalue weighted by Gasteiger charge is 2.18. The first-order chi connectivity index (χ1) is 16.8. The Morgan fingerprint density at radius 3 is 2.47 bits per heavy atom. The summed E-state index contributed by atoms with van der Waals surface area (Å²) in [5.41, 5.74) is 4.29. The molecule has 0 aliphatic carbocycles. The summed E-state index contributed by atoms with van der Waals surface area (Å²) in [5, 5.41) is 12.4. The second kappa shape index (κ2) is 10.5. The van der Waals surface area contributed by atoms with E-state index >= 15 is 0 Å². The normalized spacial score (nSPS) is 14.4. The Morgan fingerprint density at radius 2 is 1.68 bits per heavy atom. The number of unbranched alkanes of at least 4 members (excludes halogenated alkanes) is 1. The van der Waals surface area contributed by atoms with Crippen LogP contribution in [0.4, 0.5) is 11.4 Å². The van der Waals surface area contributed by atoms with Crippen molar-refractivity contribution in [1.29, 1.82) is 0 Å². The molecule has 6 nitrogen and oxygen atoms in total. The topological polar surface area (TPSA) is 64.3 Å². The minimum absolute atomic E-state index is 0.0804. The van der Waals surface area contributed by atoms with Crippen LogP contribution >= 0.6 is 0 Å². The smallest absolute Gasteiger partial charge is 0.224 e. The van der Waals surface area contributed by atoms with Crippen LogP contribution in [-0.4, -0.2) is 53.7 Å². The van der Waals surface area contributed by atoms with E-state index in [0.29, 0.717) is 6.42 Å². The van der Waals surface area contributed by atoms with Crippen LogP contribution in [0.3, 0.4) is 0 Å². The van der Waals surface area contributed by atoms with Crippen molar-refractivity contribution in [2.24, 2.45) is 0 Å². The van der Waals surface area contributed by atoms with Crippen LogP contribution in [0.1, 0.15) is 19.3 Å².